The van der Waals surface area contributed by atoms with Crippen molar-refractivity contribution in [3.63, 3.8) is 0 Å². The van der Waals surface area contributed by atoms with Crippen LogP contribution in [0.3, 0.4) is 0 Å². The molecule has 1 aromatic carbocycles. The first-order valence-corrected chi connectivity index (χ1v) is 6.52. The fourth-order valence-corrected chi connectivity index (χ4v) is 2.20. The normalized spacial score (nSPS) is 10.9. The van der Waals surface area contributed by atoms with Gasteiger partial charge in [-0.1, -0.05) is 34.0 Å². The van der Waals surface area contributed by atoms with Gasteiger partial charge in [-0.3, -0.25) is 0 Å². The zero-order valence-electron chi connectivity index (χ0n) is 11.1. The van der Waals surface area contributed by atoms with Gasteiger partial charge in [0.15, 0.2) is 0 Å². The van der Waals surface area contributed by atoms with Crippen LogP contribution in [0.5, 0.6) is 0 Å². The average molecular weight is 290 g/mol. The minimum absolute atomic E-state index is 0.484. The number of aryl methyl sites for hydroxylation is 2. The fraction of sp³-hybridized carbons (Fsp3) is 0.214. The summed E-state index contributed by atoms with van der Waals surface area (Å²) >= 11 is 6.11. The number of hydrogen-bond acceptors (Lipinski definition) is 5. The first-order chi connectivity index (χ1) is 9.65. The van der Waals surface area contributed by atoms with E-state index in [1.54, 1.807) is 6.07 Å². The molecule has 102 valence electrons. The molecule has 0 N–H and O–H groups in total. The van der Waals surface area contributed by atoms with E-state index in [0.717, 1.165) is 22.6 Å². The van der Waals surface area contributed by atoms with Gasteiger partial charge in [-0.05, 0) is 26.0 Å². The lowest BCUT2D eigenvalue weighted by Gasteiger charge is -1.96. The van der Waals surface area contributed by atoms with E-state index in [9.17, 15) is 0 Å². The molecule has 0 unspecified atom stereocenters. The minimum atomic E-state index is 0.484. The van der Waals surface area contributed by atoms with E-state index in [1.165, 1.54) is 0 Å². The average Bonchev–Trinajstić information content (AvgIpc) is 3.02. The maximum Gasteiger partial charge on any atom is 0.231 e. The fourth-order valence-electron chi connectivity index (χ4n) is 1.98. The van der Waals surface area contributed by atoms with Crippen molar-refractivity contribution in [2.75, 3.05) is 0 Å². The Morgan fingerprint density at radius 2 is 1.90 bits per heavy atom. The van der Waals surface area contributed by atoms with E-state index in [-0.39, 0.29) is 0 Å². The van der Waals surface area contributed by atoms with E-state index in [2.05, 4.69) is 15.3 Å². The molecule has 0 aliphatic rings. The maximum atomic E-state index is 6.11. The number of halogens is 1. The molecule has 0 saturated heterocycles. The summed E-state index contributed by atoms with van der Waals surface area (Å²) in [5, 5.41) is 8.47. The van der Waals surface area contributed by atoms with Gasteiger partial charge in [0.2, 0.25) is 11.7 Å². The number of hydrogen-bond donors (Lipinski definition) is 0. The summed E-state index contributed by atoms with van der Waals surface area (Å²) in [7, 11) is 0. The molecule has 2 aromatic heterocycles. The lowest BCUT2D eigenvalue weighted by atomic mass is 10.1. The highest BCUT2D eigenvalue weighted by molar-refractivity contribution is 6.33. The Bertz CT molecular complexity index is 729. The Labute approximate surface area is 120 Å². The Kier molecular flexibility index (Phi) is 3.28. The molecular weight excluding hydrogens is 278 g/mol. The second-order valence-corrected chi connectivity index (χ2v) is 4.88. The minimum Gasteiger partial charge on any atom is -0.361 e. The molecule has 0 atom stereocenters. The van der Waals surface area contributed by atoms with Gasteiger partial charge in [0, 0.05) is 11.1 Å². The third-order valence-corrected chi connectivity index (χ3v) is 3.42. The summed E-state index contributed by atoms with van der Waals surface area (Å²) < 4.78 is 10.4. The van der Waals surface area contributed by atoms with Gasteiger partial charge in [-0.2, -0.15) is 4.98 Å². The zero-order chi connectivity index (χ0) is 14.1. The summed E-state index contributed by atoms with van der Waals surface area (Å²) in [6.45, 7) is 3.75. The summed E-state index contributed by atoms with van der Waals surface area (Å²) in [5.41, 5.74) is 2.56. The van der Waals surface area contributed by atoms with Crippen molar-refractivity contribution in [1.82, 2.24) is 15.3 Å². The molecule has 0 spiro atoms. The van der Waals surface area contributed by atoms with Crippen molar-refractivity contribution in [3.8, 4) is 11.4 Å². The van der Waals surface area contributed by atoms with Crippen LogP contribution >= 0.6 is 11.6 Å². The first kappa shape index (κ1) is 12.9. The van der Waals surface area contributed by atoms with Crippen LogP contribution in [0.25, 0.3) is 11.4 Å². The Hall–Kier alpha value is -2.14. The molecular formula is C14H12ClN3O2. The summed E-state index contributed by atoms with van der Waals surface area (Å²) in [6.07, 6.45) is 0.499. The Morgan fingerprint density at radius 3 is 2.60 bits per heavy atom. The number of rotatable bonds is 3. The smallest absolute Gasteiger partial charge is 0.231 e. The van der Waals surface area contributed by atoms with Gasteiger partial charge >= 0.3 is 0 Å². The second kappa shape index (κ2) is 5.09. The van der Waals surface area contributed by atoms with Crippen LogP contribution < -0.4 is 0 Å². The molecule has 0 aliphatic carbocycles. The standard InChI is InChI=1S/C14H12ClN3O2/c1-8-11(9(2)19-17-8)7-13-16-14(18-20-13)10-5-3-4-6-12(10)15/h3-6H,7H2,1-2H3. The van der Waals surface area contributed by atoms with Crippen LogP contribution in [0.1, 0.15) is 22.9 Å². The molecule has 20 heavy (non-hydrogen) atoms. The molecule has 0 saturated carbocycles. The summed E-state index contributed by atoms with van der Waals surface area (Å²) in [5.74, 6) is 1.76. The summed E-state index contributed by atoms with van der Waals surface area (Å²) in [4.78, 5) is 4.37. The van der Waals surface area contributed by atoms with Gasteiger partial charge in [-0.25, -0.2) is 0 Å². The highest BCUT2D eigenvalue weighted by Crippen LogP contribution is 2.25. The van der Waals surface area contributed by atoms with Gasteiger partial charge in [0.05, 0.1) is 17.1 Å². The maximum absolute atomic E-state index is 6.11. The highest BCUT2D eigenvalue weighted by atomic mass is 35.5. The molecule has 0 amide bonds. The molecule has 3 aromatic rings. The zero-order valence-corrected chi connectivity index (χ0v) is 11.8. The molecule has 6 heteroatoms. The van der Waals surface area contributed by atoms with E-state index < -0.39 is 0 Å². The van der Waals surface area contributed by atoms with E-state index in [0.29, 0.717) is 23.2 Å². The van der Waals surface area contributed by atoms with E-state index in [4.69, 9.17) is 20.6 Å². The van der Waals surface area contributed by atoms with Gasteiger partial charge in [0.25, 0.3) is 0 Å². The Balaban J connectivity index is 1.90. The van der Waals surface area contributed by atoms with Crippen molar-refractivity contribution >= 4 is 11.6 Å². The highest BCUT2D eigenvalue weighted by Gasteiger charge is 2.16. The number of benzene rings is 1. The van der Waals surface area contributed by atoms with Crippen LogP contribution in [-0.4, -0.2) is 15.3 Å². The molecule has 0 bridgehead atoms. The quantitative estimate of drug-likeness (QED) is 0.737. The Morgan fingerprint density at radius 1 is 1.10 bits per heavy atom. The molecule has 3 rings (SSSR count). The van der Waals surface area contributed by atoms with Crippen molar-refractivity contribution in [2.45, 2.75) is 20.3 Å². The molecule has 5 nitrogen and oxygen atoms in total. The predicted molar refractivity (Wildman–Crippen MR) is 73.5 cm³/mol. The molecule has 0 fully saturated rings. The third-order valence-electron chi connectivity index (χ3n) is 3.09. The second-order valence-electron chi connectivity index (χ2n) is 4.47. The van der Waals surface area contributed by atoms with Crippen molar-refractivity contribution in [1.29, 1.82) is 0 Å². The van der Waals surface area contributed by atoms with Crippen LogP contribution in [-0.2, 0) is 6.42 Å². The van der Waals surface area contributed by atoms with Crippen LogP contribution in [0.2, 0.25) is 5.02 Å². The van der Waals surface area contributed by atoms with Gasteiger partial charge in [-0.15, -0.1) is 0 Å². The predicted octanol–water partition coefficient (Wildman–Crippen LogP) is 3.59. The van der Waals surface area contributed by atoms with Crippen LogP contribution in [0, 0.1) is 13.8 Å². The first-order valence-electron chi connectivity index (χ1n) is 6.14. The molecule has 0 radical (unpaired) electrons. The molecule has 2 heterocycles. The lowest BCUT2D eigenvalue weighted by molar-refractivity contribution is 0.381. The molecule has 0 aliphatic heterocycles. The van der Waals surface area contributed by atoms with Crippen molar-refractivity contribution in [2.24, 2.45) is 0 Å². The van der Waals surface area contributed by atoms with E-state index >= 15 is 0 Å². The van der Waals surface area contributed by atoms with Gasteiger partial charge < -0.3 is 9.05 Å². The monoisotopic (exact) mass is 289 g/mol. The SMILES string of the molecule is Cc1noc(C)c1Cc1nc(-c2ccccc2Cl)no1. The lowest BCUT2D eigenvalue weighted by Crippen LogP contribution is -1.92. The van der Waals surface area contributed by atoms with Crippen LogP contribution in [0.15, 0.2) is 33.3 Å². The van der Waals surface area contributed by atoms with Gasteiger partial charge in [0.1, 0.15) is 5.76 Å². The van der Waals surface area contributed by atoms with E-state index in [1.807, 2.05) is 32.0 Å². The number of aromatic nitrogens is 3. The topological polar surface area (TPSA) is 65.0 Å². The number of nitrogens with zero attached hydrogens (tertiary/aromatic N) is 3. The van der Waals surface area contributed by atoms with Crippen LogP contribution in [0.4, 0.5) is 0 Å². The van der Waals surface area contributed by atoms with Crippen molar-refractivity contribution in [3.05, 3.63) is 52.2 Å². The summed E-state index contributed by atoms with van der Waals surface area (Å²) in [6, 6.07) is 7.39. The third kappa shape index (κ3) is 2.32. The largest absolute Gasteiger partial charge is 0.361 e. The van der Waals surface area contributed by atoms with Crippen molar-refractivity contribution < 1.29 is 9.05 Å².